The van der Waals surface area contributed by atoms with Gasteiger partial charge in [0.25, 0.3) is 0 Å². The molecule has 8 nitrogen and oxygen atoms in total. The van der Waals surface area contributed by atoms with Gasteiger partial charge in [0.05, 0.1) is 45.0 Å². The van der Waals surface area contributed by atoms with E-state index >= 15 is 0 Å². The first kappa shape index (κ1) is 25.2. The number of aryl methyl sites for hydroxylation is 2. The van der Waals surface area contributed by atoms with Gasteiger partial charge in [-0.05, 0) is 36.5 Å². The quantitative estimate of drug-likeness (QED) is 0.346. The van der Waals surface area contributed by atoms with Crippen LogP contribution in [-0.2, 0) is 16.6 Å². The van der Waals surface area contributed by atoms with Crippen LogP contribution in [0.4, 0.5) is 5.69 Å². The maximum absolute atomic E-state index is 13.0. The van der Waals surface area contributed by atoms with Gasteiger partial charge >= 0.3 is 5.63 Å². The molecule has 0 radical (unpaired) electrons. The van der Waals surface area contributed by atoms with Gasteiger partial charge in [-0.15, -0.1) is 0 Å². The summed E-state index contributed by atoms with van der Waals surface area (Å²) >= 11 is 0. The molecule has 0 unspecified atom stereocenters. The highest BCUT2D eigenvalue weighted by Crippen LogP contribution is 2.41. The molecule has 0 aliphatic rings. The number of hydrogen-bond donors (Lipinski definition) is 1. The van der Waals surface area contributed by atoms with Crippen LogP contribution >= 0.6 is 0 Å². The number of fused-ring (bicyclic) bond motifs is 3. The van der Waals surface area contributed by atoms with E-state index in [1.54, 1.807) is 18.4 Å². The lowest BCUT2D eigenvalue weighted by molar-refractivity contribution is -0.115. The molecule has 1 N–H and O–H groups in total. The molecule has 0 bridgehead atoms. The fourth-order valence-corrected chi connectivity index (χ4v) is 4.56. The zero-order valence-corrected chi connectivity index (χ0v) is 21.9. The Bertz CT molecular complexity index is 1510. The number of methoxy groups -OCH3 is 3. The fourth-order valence-electron chi connectivity index (χ4n) is 4.56. The molecule has 2 aromatic carbocycles. The highest BCUT2D eigenvalue weighted by Gasteiger charge is 2.25. The summed E-state index contributed by atoms with van der Waals surface area (Å²) in [6.07, 6.45) is 1.58. The van der Waals surface area contributed by atoms with Crippen molar-refractivity contribution in [2.24, 2.45) is 0 Å². The molecule has 8 heteroatoms. The van der Waals surface area contributed by atoms with Crippen molar-refractivity contribution in [3.63, 3.8) is 0 Å². The summed E-state index contributed by atoms with van der Waals surface area (Å²) in [4.78, 5) is 25.9. The summed E-state index contributed by atoms with van der Waals surface area (Å²) < 4.78 is 27.7. The Kier molecular flexibility index (Phi) is 6.47. The number of furan rings is 1. The Morgan fingerprint density at radius 2 is 1.61 bits per heavy atom. The number of carbonyl (C=O) groups is 1. The fraction of sp³-hybridized carbons (Fsp3) is 0.357. The van der Waals surface area contributed by atoms with Gasteiger partial charge in [-0.25, -0.2) is 4.79 Å². The van der Waals surface area contributed by atoms with Crippen LogP contribution in [0.3, 0.4) is 0 Å². The predicted octanol–water partition coefficient (Wildman–Crippen LogP) is 5.66. The third-order valence-corrected chi connectivity index (χ3v) is 6.38. The van der Waals surface area contributed by atoms with Crippen LogP contribution in [0.25, 0.3) is 21.9 Å². The van der Waals surface area contributed by atoms with Crippen molar-refractivity contribution in [1.29, 1.82) is 0 Å². The molecule has 0 fully saturated rings. The number of nitrogens with one attached hydrogen (secondary N) is 1. The average Bonchev–Trinajstić information content (AvgIpc) is 3.27. The van der Waals surface area contributed by atoms with Crippen molar-refractivity contribution in [2.75, 3.05) is 26.6 Å². The van der Waals surface area contributed by atoms with Crippen molar-refractivity contribution < 1.29 is 27.8 Å². The molecule has 0 aliphatic heterocycles. The standard InChI is InChI=1S/C28H31NO7/c1-14-9-19-24(26-23(14)18(13-35-26)28(3,4)5)15(2)17(27(31)36-19)12-22(30)29-16-10-20(32-6)25(34-8)21(11-16)33-7/h9-11,13H,12H2,1-8H3,(H,29,30). The van der Waals surface area contributed by atoms with E-state index in [1.165, 1.54) is 21.3 Å². The maximum atomic E-state index is 13.0. The lowest BCUT2D eigenvalue weighted by Gasteiger charge is -2.18. The average molecular weight is 494 g/mol. The van der Waals surface area contributed by atoms with Crippen LogP contribution in [0.2, 0.25) is 0 Å². The summed E-state index contributed by atoms with van der Waals surface area (Å²) in [5.74, 6) is 0.825. The van der Waals surface area contributed by atoms with Gasteiger partial charge in [-0.2, -0.15) is 0 Å². The monoisotopic (exact) mass is 493 g/mol. The number of amides is 1. The molecule has 4 aromatic rings. The number of benzene rings is 2. The maximum Gasteiger partial charge on any atom is 0.340 e. The number of ether oxygens (including phenoxy) is 3. The second-order valence-corrected chi connectivity index (χ2v) is 9.80. The van der Waals surface area contributed by atoms with Gasteiger partial charge in [0.1, 0.15) is 11.2 Å². The zero-order valence-electron chi connectivity index (χ0n) is 21.9. The number of rotatable bonds is 6. The van der Waals surface area contributed by atoms with E-state index in [2.05, 4.69) is 26.1 Å². The molecule has 0 atom stereocenters. The molecule has 0 saturated heterocycles. The summed E-state index contributed by atoms with van der Waals surface area (Å²) in [5.41, 5.74) is 3.81. The van der Waals surface area contributed by atoms with E-state index in [9.17, 15) is 9.59 Å². The predicted molar refractivity (Wildman–Crippen MR) is 139 cm³/mol. The van der Waals surface area contributed by atoms with E-state index in [0.717, 1.165) is 16.5 Å². The molecule has 1 amide bonds. The van der Waals surface area contributed by atoms with Crippen LogP contribution in [-0.4, -0.2) is 27.2 Å². The Morgan fingerprint density at radius 1 is 0.972 bits per heavy atom. The minimum absolute atomic E-state index is 0.129. The highest BCUT2D eigenvalue weighted by molar-refractivity contribution is 6.07. The second kappa shape index (κ2) is 9.26. The molecule has 190 valence electrons. The van der Waals surface area contributed by atoms with E-state index in [4.69, 9.17) is 23.0 Å². The molecule has 36 heavy (non-hydrogen) atoms. The van der Waals surface area contributed by atoms with E-state index < -0.39 is 11.5 Å². The summed E-state index contributed by atoms with van der Waals surface area (Å²) in [7, 11) is 4.49. The minimum atomic E-state index is -0.554. The lowest BCUT2D eigenvalue weighted by Crippen LogP contribution is -2.21. The van der Waals surface area contributed by atoms with Crippen LogP contribution in [0.1, 0.15) is 43.0 Å². The number of carbonyl (C=O) groups excluding carboxylic acids is 1. The molecule has 0 saturated carbocycles. The van der Waals surface area contributed by atoms with Gasteiger partial charge < -0.3 is 28.4 Å². The number of hydrogen-bond acceptors (Lipinski definition) is 7. The first-order chi connectivity index (χ1) is 17.0. The molecule has 0 aliphatic carbocycles. The van der Waals surface area contributed by atoms with Crippen molar-refractivity contribution in [1.82, 2.24) is 0 Å². The van der Waals surface area contributed by atoms with Crippen molar-refractivity contribution in [3.8, 4) is 17.2 Å². The zero-order chi connectivity index (χ0) is 26.4. The first-order valence-corrected chi connectivity index (χ1v) is 11.6. The third-order valence-electron chi connectivity index (χ3n) is 6.38. The molecule has 4 rings (SSSR count). The summed E-state index contributed by atoms with van der Waals surface area (Å²) in [6, 6.07) is 5.10. The summed E-state index contributed by atoms with van der Waals surface area (Å²) in [5, 5.41) is 4.50. The van der Waals surface area contributed by atoms with Crippen LogP contribution in [0.15, 0.2) is 38.1 Å². The molecular formula is C28H31NO7. The minimum Gasteiger partial charge on any atom is -0.493 e. The first-order valence-electron chi connectivity index (χ1n) is 11.6. The van der Waals surface area contributed by atoms with E-state index in [1.807, 2.05) is 19.9 Å². The van der Waals surface area contributed by atoms with Crippen LogP contribution in [0.5, 0.6) is 17.2 Å². The van der Waals surface area contributed by atoms with Crippen molar-refractivity contribution >= 4 is 33.5 Å². The molecule has 2 heterocycles. The van der Waals surface area contributed by atoms with Crippen molar-refractivity contribution in [2.45, 2.75) is 46.5 Å². The number of anilines is 1. The van der Waals surface area contributed by atoms with Gasteiger partial charge in [0.15, 0.2) is 11.5 Å². The Morgan fingerprint density at radius 3 is 2.17 bits per heavy atom. The highest BCUT2D eigenvalue weighted by atomic mass is 16.5. The van der Waals surface area contributed by atoms with Crippen LogP contribution < -0.4 is 25.2 Å². The summed E-state index contributed by atoms with van der Waals surface area (Å²) in [6.45, 7) is 10.2. The Labute approximate surface area is 209 Å². The third kappa shape index (κ3) is 4.27. The Balaban J connectivity index is 1.76. The molecule has 2 aromatic heterocycles. The van der Waals surface area contributed by atoms with Gasteiger partial charge in [0, 0.05) is 28.8 Å². The topological polar surface area (TPSA) is 100 Å². The van der Waals surface area contributed by atoms with Gasteiger partial charge in [0.2, 0.25) is 11.7 Å². The van der Waals surface area contributed by atoms with Crippen LogP contribution in [0, 0.1) is 13.8 Å². The normalized spacial score (nSPS) is 11.7. The van der Waals surface area contributed by atoms with E-state index in [-0.39, 0.29) is 17.4 Å². The van der Waals surface area contributed by atoms with Crippen molar-refractivity contribution in [3.05, 3.63) is 57.1 Å². The van der Waals surface area contributed by atoms with Gasteiger partial charge in [-0.1, -0.05) is 20.8 Å². The molecular weight excluding hydrogens is 462 g/mol. The smallest absolute Gasteiger partial charge is 0.340 e. The SMILES string of the molecule is COc1cc(NC(=O)Cc2c(C)c3c(cc(C)c4c(C(C)(C)C)coc43)oc2=O)cc(OC)c1OC. The molecule has 0 spiro atoms. The largest absolute Gasteiger partial charge is 0.493 e. The second-order valence-electron chi connectivity index (χ2n) is 9.80. The van der Waals surface area contributed by atoms with E-state index in [0.29, 0.717) is 45.1 Å². The lowest BCUT2D eigenvalue weighted by atomic mass is 9.85. The Hall–Kier alpha value is -3.94. The van der Waals surface area contributed by atoms with Gasteiger partial charge in [-0.3, -0.25) is 4.79 Å².